The maximum absolute atomic E-state index is 15.6. The van der Waals surface area contributed by atoms with E-state index in [0.29, 0.717) is 62.3 Å². The zero-order valence-corrected chi connectivity index (χ0v) is 25.5. The molecule has 0 atom stereocenters. The molecule has 44 heavy (non-hydrogen) atoms. The molecule has 1 aliphatic rings. The van der Waals surface area contributed by atoms with Crippen LogP contribution in [-0.2, 0) is 5.92 Å². The van der Waals surface area contributed by atoms with Crippen molar-refractivity contribution < 1.29 is 31.1 Å². The molecule has 236 valence electrons. The Morgan fingerprint density at radius 2 is 1.73 bits per heavy atom. The first kappa shape index (κ1) is 33.2. The van der Waals surface area contributed by atoms with Gasteiger partial charge in [0.2, 0.25) is 0 Å². The molecule has 1 fully saturated rings. The van der Waals surface area contributed by atoms with Crippen LogP contribution in [-0.4, -0.2) is 37.3 Å². The van der Waals surface area contributed by atoms with Crippen molar-refractivity contribution in [2.45, 2.75) is 58.9 Å². The van der Waals surface area contributed by atoms with Crippen LogP contribution in [0, 0.1) is 31.3 Å². The Bertz CT molecular complexity index is 1540. The Hall–Kier alpha value is -3.72. The van der Waals surface area contributed by atoms with Crippen LogP contribution in [0.15, 0.2) is 49.0 Å². The number of likely N-dealkylation sites (tertiary alicyclic amines) is 1. The zero-order chi connectivity index (χ0) is 32.2. The number of halogens is 6. The van der Waals surface area contributed by atoms with Crippen LogP contribution in [0.1, 0.15) is 66.5 Å². The second kappa shape index (κ2) is 13.9. The van der Waals surface area contributed by atoms with Crippen LogP contribution < -0.4 is 10.1 Å². The maximum Gasteiger partial charge on any atom is 0.271 e. The molecule has 0 bridgehead atoms. The van der Waals surface area contributed by atoms with Crippen LogP contribution in [0.4, 0.5) is 32.0 Å². The molecule has 9 heteroatoms. The molecule has 3 aromatic rings. The van der Waals surface area contributed by atoms with Crippen molar-refractivity contribution in [3.63, 3.8) is 0 Å². The number of anilines is 1. The van der Waals surface area contributed by atoms with Crippen LogP contribution >= 0.6 is 0 Å². The Morgan fingerprint density at radius 3 is 2.34 bits per heavy atom. The number of hydrogen-bond donors (Lipinski definition) is 1. The minimum Gasteiger partial charge on any atom is -0.453 e. The van der Waals surface area contributed by atoms with Gasteiger partial charge in [-0.3, -0.25) is 9.29 Å². The van der Waals surface area contributed by atoms with Crippen molar-refractivity contribution in [1.82, 2.24) is 4.90 Å². The summed E-state index contributed by atoms with van der Waals surface area (Å²) in [7, 11) is 0. The summed E-state index contributed by atoms with van der Waals surface area (Å²) >= 11 is 0. The average molecular weight is 617 g/mol. The van der Waals surface area contributed by atoms with Gasteiger partial charge in [-0.25, -0.2) is 22.0 Å². The van der Waals surface area contributed by atoms with E-state index >= 15 is 4.39 Å². The molecule has 0 saturated carbocycles. The Balaban J connectivity index is 1.83. The van der Waals surface area contributed by atoms with E-state index in [2.05, 4.69) is 16.8 Å². The predicted molar refractivity (Wildman–Crippen MR) is 165 cm³/mol. The number of nitrogens with zero attached hydrogens (tertiary/aromatic N) is 1. The standard InChI is InChI=1S/C35H38F6N2O/c1-6-9-27(28-17-30(37)31(38)18-29(28)35(5,40)41)34(26-12-10-21(3)25(7-2)22(26)4)44-33-13-11-23(16-32(33)39)42-24-19-43(20-24)15-8-14-36/h7,10-13,16-18,24,42H,2,6,8-9,14-15,19-20H2,1,3-5H3/b34-27-. The van der Waals surface area contributed by atoms with Crippen molar-refractivity contribution in [3.05, 3.63) is 99.9 Å². The number of ether oxygens (including phenoxy) is 1. The molecule has 0 unspecified atom stereocenters. The van der Waals surface area contributed by atoms with Crippen molar-refractivity contribution in [2.24, 2.45) is 0 Å². The summed E-state index contributed by atoms with van der Waals surface area (Å²) in [6.45, 7) is 11.8. The second-order valence-corrected chi connectivity index (χ2v) is 11.3. The number of allylic oxidation sites excluding steroid dienone is 1. The molecule has 3 aromatic carbocycles. The summed E-state index contributed by atoms with van der Waals surface area (Å²) in [6.07, 6.45) is 2.74. The summed E-state index contributed by atoms with van der Waals surface area (Å²) in [5, 5.41) is 3.26. The normalized spacial score (nSPS) is 14.7. The van der Waals surface area contributed by atoms with Gasteiger partial charge in [0, 0.05) is 55.0 Å². The van der Waals surface area contributed by atoms with Crippen LogP contribution in [0.5, 0.6) is 5.75 Å². The van der Waals surface area contributed by atoms with Gasteiger partial charge in [-0.1, -0.05) is 38.1 Å². The highest BCUT2D eigenvalue weighted by molar-refractivity contribution is 5.91. The monoisotopic (exact) mass is 616 g/mol. The molecule has 0 amide bonds. The van der Waals surface area contributed by atoms with E-state index in [4.69, 9.17) is 4.74 Å². The summed E-state index contributed by atoms with van der Waals surface area (Å²) < 4.78 is 92.9. The van der Waals surface area contributed by atoms with Crippen molar-refractivity contribution in [1.29, 1.82) is 0 Å². The molecule has 0 aliphatic carbocycles. The van der Waals surface area contributed by atoms with Crippen molar-refractivity contribution >= 4 is 23.1 Å². The predicted octanol–water partition coefficient (Wildman–Crippen LogP) is 9.68. The minimum atomic E-state index is -3.51. The van der Waals surface area contributed by atoms with Gasteiger partial charge in [0.05, 0.1) is 12.7 Å². The quantitative estimate of drug-likeness (QED) is 0.118. The van der Waals surface area contributed by atoms with Gasteiger partial charge in [-0.05, 0) is 73.2 Å². The fourth-order valence-electron chi connectivity index (χ4n) is 5.63. The summed E-state index contributed by atoms with van der Waals surface area (Å²) in [4.78, 5) is 2.10. The van der Waals surface area contributed by atoms with Crippen molar-refractivity contribution in [2.75, 3.05) is 31.6 Å². The van der Waals surface area contributed by atoms with Crippen LogP contribution in [0.2, 0.25) is 0 Å². The minimum absolute atomic E-state index is 0.0612. The lowest BCUT2D eigenvalue weighted by molar-refractivity contribution is 0.0167. The molecular weight excluding hydrogens is 578 g/mol. The van der Waals surface area contributed by atoms with Gasteiger partial charge >= 0.3 is 0 Å². The highest BCUT2D eigenvalue weighted by Crippen LogP contribution is 2.42. The van der Waals surface area contributed by atoms with Crippen molar-refractivity contribution in [3.8, 4) is 5.75 Å². The summed E-state index contributed by atoms with van der Waals surface area (Å²) in [5.74, 6) is -6.98. The average Bonchev–Trinajstić information content (AvgIpc) is 2.94. The van der Waals surface area contributed by atoms with Crippen LogP contribution in [0.3, 0.4) is 0 Å². The molecule has 0 aromatic heterocycles. The topological polar surface area (TPSA) is 24.5 Å². The van der Waals surface area contributed by atoms with E-state index in [1.54, 1.807) is 18.2 Å². The molecule has 1 saturated heterocycles. The van der Waals surface area contributed by atoms with Gasteiger partial charge in [-0.15, -0.1) is 0 Å². The first-order valence-corrected chi connectivity index (χ1v) is 14.7. The lowest BCUT2D eigenvalue weighted by Gasteiger charge is -2.40. The Morgan fingerprint density at radius 1 is 1.02 bits per heavy atom. The van der Waals surface area contributed by atoms with E-state index in [-0.39, 0.29) is 41.8 Å². The lowest BCUT2D eigenvalue weighted by Crippen LogP contribution is -2.54. The van der Waals surface area contributed by atoms with E-state index in [9.17, 15) is 22.0 Å². The Labute approximate surface area is 255 Å². The van der Waals surface area contributed by atoms with E-state index in [1.165, 1.54) is 12.1 Å². The number of alkyl halides is 3. The fourth-order valence-corrected chi connectivity index (χ4v) is 5.63. The van der Waals surface area contributed by atoms with E-state index < -0.39 is 28.9 Å². The summed E-state index contributed by atoms with van der Waals surface area (Å²) in [6, 6.07) is 9.29. The van der Waals surface area contributed by atoms with Gasteiger partial charge in [-0.2, -0.15) is 0 Å². The first-order chi connectivity index (χ1) is 20.9. The second-order valence-electron chi connectivity index (χ2n) is 11.3. The maximum atomic E-state index is 15.6. The largest absolute Gasteiger partial charge is 0.453 e. The zero-order valence-electron chi connectivity index (χ0n) is 25.5. The number of rotatable bonds is 13. The van der Waals surface area contributed by atoms with Gasteiger partial charge in [0.15, 0.2) is 23.2 Å². The fraction of sp³-hybridized carbons (Fsp3) is 0.371. The van der Waals surface area contributed by atoms with Gasteiger partial charge < -0.3 is 10.1 Å². The lowest BCUT2D eigenvalue weighted by atomic mass is 9.88. The number of hydrogen-bond acceptors (Lipinski definition) is 3. The third-order valence-electron chi connectivity index (χ3n) is 7.89. The van der Waals surface area contributed by atoms with E-state index in [1.807, 2.05) is 26.8 Å². The van der Waals surface area contributed by atoms with E-state index in [0.717, 1.165) is 17.2 Å². The molecule has 1 heterocycles. The SMILES string of the molecule is C=Cc1c(C)ccc(/C(Oc2ccc(NC3CN(CCCF)C3)cc2F)=C(\CCC)c2cc(F)c(F)cc2C(C)(F)F)c1C. The molecule has 0 radical (unpaired) electrons. The third-order valence-corrected chi connectivity index (χ3v) is 7.89. The molecule has 4 rings (SSSR count). The summed E-state index contributed by atoms with van der Waals surface area (Å²) in [5.41, 5.74) is 2.68. The van der Waals surface area contributed by atoms with Gasteiger partial charge in [0.25, 0.3) is 5.92 Å². The Kier molecular flexibility index (Phi) is 10.5. The molecule has 1 N–H and O–H groups in total. The highest BCUT2D eigenvalue weighted by atomic mass is 19.3. The van der Waals surface area contributed by atoms with Crippen LogP contribution in [0.25, 0.3) is 17.4 Å². The number of nitrogens with one attached hydrogen (secondary N) is 1. The highest BCUT2D eigenvalue weighted by Gasteiger charge is 2.32. The smallest absolute Gasteiger partial charge is 0.271 e. The number of benzene rings is 3. The first-order valence-electron chi connectivity index (χ1n) is 14.7. The number of aryl methyl sites for hydroxylation is 1. The molecular formula is C35H38F6N2O. The molecule has 1 aliphatic heterocycles. The third kappa shape index (κ3) is 7.32. The van der Waals surface area contributed by atoms with Gasteiger partial charge in [0.1, 0.15) is 5.76 Å². The molecule has 0 spiro atoms. The molecule has 3 nitrogen and oxygen atoms in total.